The largest absolute Gasteiger partial charge is 0.494 e. The van der Waals surface area contributed by atoms with E-state index < -0.39 is 0 Å². The van der Waals surface area contributed by atoms with E-state index in [2.05, 4.69) is 36.5 Å². The number of carbonyl (C=O) groups is 1. The molecule has 0 aromatic heterocycles. The number of amides is 1. The lowest BCUT2D eigenvalue weighted by Gasteiger charge is -2.18. The Labute approximate surface area is 178 Å². The van der Waals surface area contributed by atoms with Crippen molar-refractivity contribution in [3.05, 3.63) is 70.8 Å². The van der Waals surface area contributed by atoms with Gasteiger partial charge in [0.25, 0.3) is 0 Å². The van der Waals surface area contributed by atoms with Crippen molar-refractivity contribution in [3.63, 3.8) is 0 Å². The average Bonchev–Trinajstić information content (AvgIpc) is 3.18. The summed E-state index contributed by atoms with van der Waals surface area (Å²) >= 11 is 0. The third-order valence-electron chi connectivity index (χ3n) is 5.99. The molecule has 0 saturated heterocycles. The molecule has 0 bridgehead atoms. The van der Waals surface area contributed by atoms with Crippen LogP contribution in [0.3, 0.4) is 0 Å². The summed E-state index contributed by atoms with van der Waals surface area (Å²) < 4.78 is 12.2. The van der Waals surface area contributed by atoms with Gasteiger partial charge in [-0.25, -0.2) is 0 Å². The first-order valence-corrected chi connectivity index (χ1v) is 10.7. The molecule has 0 saturated carbocycles. The van der Waals surface area contributed by atoms with Crippen LogP contribution in [0.5, 0.6) is 5.75 Å². The molecule has 0 spiro atoms. The Kier molecular flexibility index (Phi) is 6.34. The summed E-state index contributed by atoms with van der Waals surface area (Å²) in [5, 5.41) is 2.76. The highest BCUT2D eigenvalue weighted by Crippen LogP contribution is 2.37. The van der Waals surface area contributed by atoms with Crippen LogP contribution in [0.2, 0.25) is 0 Å². The van der Waals surface area contributed by atoms with Gasteiger partial charge in [-0.15, -0.1) is 0 Å². The summed E-state index contributed by atoms with van der Waals surface area (Å²) in [6.45, 7) is 5.23. The fourth-order valence-electron chi connectivity index (χ4n) is 4.48. The van der Waals surface area contributed by atoms with Crippen LogP contribution in [-0.2, 0) is 16.1 Å². The molecule has 4 nitrogen and oxygen atoms in total. The number of hydrogen-bond acceptors (Lipinski definition) is 3. The quantitative estimate of drug-likeness (QED) is 0.554. The van der Waals surface area contributed by atoms with E-state index in [1.165, 1.54) is 12.0 Å². The van der Waals surface area contributed by atoms with Crippen molar-refractivity contribution in [1.29, 1.82) is 0 Å². The zero-order valence-electron chi connectivity index (χ0n) is 17.7. The first-order valence-electron chi connectivity index (χ1n) is 10.7. The van der Waals surface area contributed by atoms with Gasteiger partial charge in [0.15, 0.2) is 0 Å². The van der Waals surface area contributed by atoms with Crippen molar-refractivity contribution in [2.45, 2.75) is 52.2 Å². The molecule has 4 heteroatoms. The van der Waals surface area contributed by atoms with E-state index in [4.69, 9.17) is 9.47 Å². The van der Waals surface area contributed by atoms with Gasteiger partial charge in [-0.1, -0.05) is 35.9 Å². The molecule has 1 amide bonds. The number of anilines is 1. The third kappa shape index (κ3) is 4.34. The van der Waals surface area contributed by atoms with E-state index in [0.717, 1.165) is 53.0 Å². The SMILES string of the molecule is CCOc1cccc(-c2ccc(NC=O)cc2COC2CC3=C(CCC=C3)C2)c1C. The maximum absolute atomic E-state index is 11.0. The van der Waals surface area contributed by atoms with Gasteiger partial charge in [0.2, 0.25) is 6.41 Å². The molecule has 0 fully saturated rings. The zero-order chi connectivity index (χ0) is 20.9. The monoisotopic (exact) mass is 403 g/mol. The minimum absolute atomic E-state index is 0.226. The maximum Gasteiger partial charge on any atom is 0.211 e. The Balaban J connectivity index is 1.58. The van der Waals surface area contributed by atoms with Crippen molar-refractivity contribution >= 4 is 12.1 Å². The van der Waals surface area contributed by atoms with Crippen LogP contribution >= 0.6 is 0 Å². The molecule has 156 valence electrons. The molecule has 30 heavy (non-hydrogen) atoms. The first-order chi connectivity index (χ1) is 14.7. The molecule has 1 N–H and O–H groups in total. The average molecular weight is 404 g/mol. The van der Waals surface area contributed by atoms with E-state index >= 15 is 0 Å². The minimum Gasteiger partial charge on any atom is -0.494 e. The van der Waals surface area contributed by atoms with Crippen molar-refractivity contribution in [3.8, 4) is 16.9 Å². The summed E-state index contributed by atoms with van der Waals surface area (Å²) in [4.78, 5) is 11.0. The van der Waals surface area contributed by atoms with Crippen LogP contribution in [0.1, 0.15) is 43.7 Å². The minimum atomic E-state index is 0.226. The van der Waals surface area contributed by atoms with Crippen molar-refractivity contribution in [2.75, 3.05) is 11.9 Å². The summed E-state index contributed by atoms with van der Waals surface area (Å²) in [5.74, 6) is 0.899. The molecule has 2 aromatic rings. The second-order valence-corrected chi connectivity index (χ2v) is 7.91. The number of hydrogen-bond donors (Lipinski definition) is 1. The lowest BCUT2D eigenvalue weighted by molar-refractivity contribution is -0.105. The molecular weight excluding hydrogens is 374 g/mol. The van der Waals surface area contributed by atoms with Gasteiger partial charge < -0.3 is 14.8 Å². The normalized spacial score (nSPS) is 17.7. The van der Waals surface area contributed by atoms with Gasteiger partial charge >= 0.3 is 0 Å². The Bertz CT molecular complexity index is 990. The highest BCUT2D eigenvalue weighted by molar-refractivity contribution is 5.78. The Morgan fingerprint density at radius 1 is 1.17 bits per heavy atom. The van der Waals surface area contributed by atoms with Crippen LogP contribution in [0.25, 0.3) is 11.1 Å². The van der Waals surface area contributed by atoms with E-state index in [1.54, 1.807) is 5.57 Å². The van der Waals surface area contributed by atoms with E-state index in [-0.39, 0.29) is 6.10 Å². The number of benzene rings is 2. The lowest BCUT2D eigenvalue weighted by atomic mass is 9.95. The van der Waals surface area contributed by atoms with Gasteiger partial charge in [0.1, 0.15) is 5.75 Å². The molecular formula is C26H29NO3. The highest BCUT2D eigenvalue weighted by atomic mass is 16.5. The molecule has 2 aliphatic rings. The second kappa shape index (κ2) is 9.31. The summed E-state index contributed by atoms with van der Waals surface area (Å²) in [5.41, 5.74) is 8.21. The van der Waals surface area contributed by atoms with E-state index in [1.807, 2.05) is 31.2 Å². The van der Waals surface area contributed by atoms with Gasteiger partial charge in [-0.3, -0.25) is 4.79 Å². The van der Waals surface area contributed by atoms with Crippen LogP contribution in [0.4, 0.5) is 5.69 Å². The summed E-state index contributed by atoms with van der Waals surface area (Å²) in [6.07, 6.45) is 9.80. The van der Waals surface area contributed by atoms with E-state index in [9.17, 15) is 4.79 Å². The molecule has 1 unspecified atom stereocenters. The highest BCUT2D eigenvalue weighted by Gasteiger charge is 2.25. The van der Waals surface area contributed by atoms with Crippen molar-refractivity contribution < 1.29 is 14.3 Å². The van der Waals surface area contributed by atoms with E-state index in [0.29, 0.717) is 19.6 Å². The Hall–Kier alpha value is -2.85. The van der Waals surface area contributed by atoms with Crippen molar-refractivity contribution in [1.82, 2.24) is 0 Å². The lowest BCUT2D eigenvalue weighted by Crippen LogP contribution is -2.10. The predicted molar refractivity (Wildman–Crippen MR) is 121 cm³/mol. The van der Waals surface area contributed by atoms with Crippen molar-refractivity contribution in [2.24, 2.45) is 0 Å². The number of allylic oxidation sites excluding steroid dienone is 2. The molecule has 0 radical (unpaired) electrons. The smallest absolute Gasteiger partial charge is 0.211 e. The number of rotatable bonds is 8. The summed E-state index contributed by atoms with van der Waals surface area (Å²) in [6, 6.07) is 12.1. The topological polar surface area (TPSA) is 47.6 Å². The molecule has 2 aliphatic carbocycles. The van der Waals surface area contributed by atoms with Gasteiger partial charge in [0.05, 0.1) is 19.3 Å². The Morgan fingerprint density at radius 2 is 2.07 bits per heavy atom. The molecule has 1 atom stereocenters. The molecule has 0 heterocycles. The van der Waals surface area contributed by atoms with Crippen LogP contribution in [0, 0.1) is 6.92 Å². The summed E-state index contributed by atoms with van der Waals surface area (Å²) in [7, 11) is 0. The molecule has 0 aliphatic heterocycles. The van der Waals surface area contributed by atoms with Crippen LogP contribution in [-0.4, -0.2) is 19.1 Å². The zero-order valence-corrected chi connectivity index (χ0v) is 17.7. The predicted octanol–water partition coefficient (Wildman–Crippen LogP) is 5.95. The van der Waals surface area contributed by atoms with Gasteiger partial charge in [0, 0.05) is 5.69 Å². The standard InChI is InChI=1S/C26H29NO3/c1-3-29-26-10-6-9-24(18(26)2)25-12-11-22(27-17-28)13-21(25)16-30-23-14-19-7-4-5-8-20(19)15-23/h4,6-7,9-13,17,23H,3,5,8,14-16H2,1-2H3,(H,27,28). The molecule has 2 aromatic carbocycles. The third-order valence-corrected chi connectivity index (χ3v) is 5.99. The van der Waals surface area contributed by atoms with Gasteiger partial charge in [-0.2, -0.15) is 0 Å². The fourth-order valence-corrected chi connectivity index (χ4v) is 4.48. The molecule has 4 rings (SSSR count). The Morgan fingerprint density at radius 3 is 2.87 bits per heavy atom. The maximum atomic E-state index is 11.0. The number of nitrogens with one attached hydrogen (secondary N) is 1. The first kappa shape index (κ1) is 20.4. The van der Waals surface area contributed by atoms with Crippen LogP contribution in [0.15, 0.2) is 59.7 Å². The fraction of sp³-hybridized carbons (Fsp3) is 0.346. The number of ether oxygens (including phenoxy) is 2. The van der Waals surface area contributed by atoms with Gasteiger partial charge in [-0.05, 0) is 85.6 Å². The van der Waals surface area contributed by atoms with Crippen LogP contribution < -0.4 is 10.1 Å². The second-order valence-electron chi connectivity index (χ2n) is 7.91. The number of carbonyl (C=O) groups excluding carboxylic acids is 1.